The molecule has 2 atom stereocenters. The van der Waals surface area contributed by atoms with Crippen LogP contribution in [0, 0.1) is 0 Å². The normalized spacial score (nSPS) is 13.3. The van der Waals surface area contributed by atoms with Crippen molar-refractivity contribution in [3.05, 3.63) is 71.8 Å². The maximum Gasteiger partial charge on any atom is 0.244 e. The third-order valence-corrected chi connectivity index (χ3v) is 4.02. The smallest absolute Gasteiger partial charge is 0.244 e. The van der Waals surface area contributed by atoms with Crippen LogP contribution in [0.5, 0.6) is 0 Å². The van der Waals surface area contributed by atoms with Gasteiger partial charge < -0.3 is 11.1 Å². The molecular weight excluding hydrogens is 302 g/mol. The number of primary amides is 1. The van der Waals surface area contributed by atoms with E-state index in [2.05, 4.69) is 5.32 Å². The second-order valence-corrected chi connectivity index (χ2v) is 5.83. The molecule has 126 valence electrons. The van der Waals surface area contributed by atoms with Crippen molar-refractivity contribution in [2.45, 2.75) is 25.6 Å². The van der Waals surface area contributed by atoms with E-state index in [4.69, 9.17) is 5.73 Å². The van der Waals surface area contributed by atoms with E-state index in [1.165, 1.54) is 0 Å². The van der Waals surface area contributed by atoms with Gasteiger partial charge >= 0.3 is 0 Å². The van der Waals surface area contributed by atoms with Crippen LogP contribution in [0.1, 0.15) is 24.1 Å². The first-order valence-corrected chi connectivity index (χ1v) is 7.88. The van der Waals surface area contributed by atoms with Crippen LogP contribution in [0.25, 0.3) is 0 Å². The summed E-state index contributed by atoms with van der Waals surface area (Å²) in [4.78, 5) is 26.1. The Morgan fingerprint density at radius 2 is 1.58 bits per heavy atom. The van der Waals surface area contributed by atoms with Crippen LogP contribution >= 0.6 is 0 Å². The summed E-state index contributed by atoms with van der Waals surface area (Å²) in [6.07, 6.45) is 0. The number of carbonyl (C=O) groups excluding carboxylic acids is 2. The van der Waals surface area contributed by atoms with Gasteiger partial charge in [-0.2, -0.15) is 0 Å². The summed E-state index contributed by atoms with van der Waals surface area (Å²) in [7, 11) is 1.87. The molecule has 0 radical (unpaired) electrons. The molecule has 2 rings (SSSR count). The molecule has 0 saturated heterocycles. The van der Waals surface area contributed by atoms with Gasteiger partial charge in [-0.05, 0) is 25.1 Å². The third kappa shape index (κ3) is 4.67. The Morgan fingerprint density at radius 1 is 1.04 bits per heavy atom. The summed E-state index contributed by atoms with van der Waals surface area (Å²) >= 11 is 0. The molecule has 0 spiro atoms. The Kier molecular flexibility index (Phi) is 6.09. The second kappa shape index (κ2) is 8.26. The largest absolute Gasteiger partial charge is 0.368 e. The van der Waals surface area contributed by atoms with E-state index < -0.39 is 18.0 Å². The number of carbonyl (C=O) groups is 2. The predicted molar refractivity (Wildman–Crippen MR) is 93.9 cm³/mol. The van der Waals surface area contributed by atoms with Gasteiger partial charge in [0.15, 0.2) is 0 Å². The minimum absolute atomic E-state index is 0.235. The topological polar surface area (TPSA) is 75.4 Å². The second-order valence-electron chi connectivity index (χ2n) is 5.83. The van der Waals surface area contributed by atoms with E-state index in [0.717, 1.165) is 5.56 Å². The lowest BCUT2D eigenvalue weighted by Crippen LogP contribution is -2.47. The quantitative estimate of drug-likeness (QED) is 0.816. The summed E-state index contributed by atoms with van der Waals surface area (Å²) in [6.45, 7) is 2.45. The first kappa shape index (κ1) is 17.7. The number of nitrogens with two attached hydrogens (primary N) is 1. The number of rotatable bonds is 7. The van der Waals surface area contributed by atoms with Crippen LogP contribution in [0.3, 0.4) is 0 Å². The molecule has 5 heteroatoms. The first-order valence-electron chi connectivity index (χ1n) is 7.88. The zero-order valence-electron chi connectivity index (χ0n) is 14.0. The van der Waals surface area contributed by atoms with Crippen LogP contribution in [0.4, 0.5) is 0 Å². The summed E-state index contributed by atoms with van der Waals surface area (Å²) in [5.74, 6) is -0.812. The van der Waals surface area contributed by atoms with Gasteiger partial charge in [-0.25, -0.2) is 0 Å². The van der Waals surface area contributed by atoms with Crippen LogP contribution < -0.4 is 11.1 Å². The highest BCUT2D eigenvalue weighted by atomic mass is 16.2. The minimum atomic E-state index is -0.828. The molecule has 0 heterocycles. The molecule has 0 aliphatic carbocycles. The van der Waals surface area contributed by atoms with Gasteiger partial charge in [0.25, 0.3) is 0 Å². The van der Waals surface area contributed by atoms with Crippen LogP contribution in [0.2, 0.25) is 0 Å². The number of hydrogen-bond donors (Lipinski definition) is 2. The van der Waals surface area contributed by atoms with Crippen molar-refractivity contribution in [3.63, 3.8) is 0 Å². The fraction of sp³-hybridized carbons (Fsp3) is 0.263. The highest BCUT2D eigenvalue weighted by Crippen LogP contribution is 2.13. The summed E-state index contributed by atoms with van der Waals surface area (Å²) in [5.41, 5.74) is 7.25. The minimum Gasteiger partial charge on any atom is -0.368 e. The van der Waals surface area contributed by atoms with Crippen molar-refractivity contribution >= 4 is 11.8 Å². The standard InChI is InChI=1S/C19H23N3O2/c1-14(22(2)13-15-9-5-3-6-10-15)19(24)21-17(18(20)23)16-11-7-4-8-12-16/h3-12,14,17H,13H2,1-2H3,(H2,20,23)(H,21,24)/t14-,17-/m0/s1. The summed E-state index contributed by atoms with van der Waals surface area (Å²) in [6, 6.07) is 17.7. The van der Waals surface area contributed by atoms with E-state index in [9.17, 15) is 9.59 Å². The van der Waals surface area contributed by atoms with Crippen LogP contribution in [0.15, 0.2) is 60.7 Å². The van der Waals surface area contributed by atoms with Gasteiger partial charge in [0.2, 0.25) is 11.8 Å². The van der Waals surface area contributed by atoms with Gasteiger partial charge in [-0.15, -0.1) is 0 Å². The van der Waals surface area contributed by atoms with Crippen molar-refractivity contribution in [2.24, 2.45) is 5.73 Å². The Balaban J connectivity index is 2.02. The molecule has 0 aliphatic rings. The lowest BCUT2D eigenvalue weighted by Gasteiger charge is -2.26. The lowest BCUT2D eigenvalue weighted by molar-refractivity contribution is -0.130. The Hall–Kier alpha value is -2.66. The number of amides is 2. The third-order valence-electron chi connectivity index (χ3n) is 4.02. The zero-order chi connectivity index (χ0) is 17.5. The van der Waals surface area contributed by atoms with Gasteiger partial charge in [0, 0.05) is 6.54 Å². The van der Waals surface area contributed by atoms with Crippen molar-refractivity contribution in [3.8, 4) is 0 Å². The van der Waals surface area contributed by atoms with Gasteiger partial charge in [0.1, 0.15) is 6.04 Å². The van der Waals surface area contributed by atoms with Gasteiger partial charge in [-0.3, -0.25) is 14.5 Å². The molecule has 0 aliphatic heterocycles. The highest BCUT2D eigenvalue weighted by molar-refractivity contribution is 5.89. The highest BCUT2D eigenvalue weighted by Gasteiger charge is 2.25. The molecule has 2 amide bonds. The number of nitrogens with zero attached hydrogens (tertiary/aromatic N) is 1. The predicted octanol–water partition coefficient (Wildman–Crippen LogP) is 1.85. The lowest BCUT2D eigenvalue weighted by atomic mass is 10.1. The SMILES string of the molecule is C[C@@H](C(=O)N[C@H](C(N)=O)c1ccccc1)N(C)Cc1ccccc1. The molecule has 0 unspecified atom stereocenters. The maximum absolute atomic E-state index is 12.5. The molecule has 2 aromatic rings. The van der Waals surface area contributed by atoms with E-state index in [1.54, 1.807) is 19.1 Å². The van der Waals surface area contributed by atoms with Crippen LogP contribution in [-0.4, -0.2) is 29.8 Å². The average molecular weight is 325 g/mol. The van der Waals surface area contributed by atoms with Gasteiger partial charge in [0.05, 0.1) is 6.04 Å². The molecular formula is C19H23N3O2. The molecule has 0 aromatic heterocycles. The average Bonchev–Trinajstić information content (AvgIpc) is 2.60. The summed E-state index contributed by atoms with van der Waals surface area (Å²) in [5, 5.41) is 2.74. The Labute approximate surface area is 142 Å². The molecule has 5 nitrogen and oxygen atoms in total. The fourth-order valence-corrected chi connectivity index (χ4v) is 2.44. The van der Waals surface area contributed by atoms with E-state index >= 15 is 0 Å². The number of benzene rings is 2. The molecule has 24 heavy (non-hydrogen) atoms. The van der Waals surface area contributed by atoms with Crippen molar-refractivity contribution in [1.29, 1.82) is 0 Å². The number of hydrogen-bond acceptors (Lipinski definition) is 3. The fourth-order valence-electron chi connectivity index (χ4n) is 2.44. The molecule has 3 N–H and O–H groups in total. The molecule has 2 aromatic carbocycles. The maximum atomic E-state index is 12.5. The zero-order valence-corrected chi connectivity index (χ0v) is 14.0. The Morgan fingerprint density at radius 3 is 2.12 bits per heavy atom. The molecule has 0 fully saturated rings. The molecule has 0 bridgehead atoms. The number of likely N-dealkylation sites (N-methyl/N-ethyl adjacent to an activating group) is 1. The van der Waals surface area contributed by atoms with Gasteiger partial charge in [-0.1, -0.05) is 60.7 Å². The van der Waals surface area contributed by atoms with Crippen LogP contribution in [-0.2, 0) is 16.1 Å². The molecule has 0 saturated carbocycles. The van der Waals surface area contributed by atoms with Crippen molar-refractivity contribution in [1.82, 2.24) is 10.2 Å². The Bertz CT molecular complexity index is 674. The van der Waals surface area contributed by atoms with Crippen molar-refractivity contribution < 1.29 is 9.59 Å². The van der Waals surface area contributed by atoms with E-state index in [0.29, 0.717) is 12.1 Å². The first-order chi connectivity index (χ1) is 11.5. The van der Waals surface area contributed by atoms with E-state index in [-0.39, 0.29) is 5.91 Å². The van der Waals surface area contributed by atoms with Crippen molar-refractivity contribution in [2.75, 3.05) is 7.05 Å². The van der Waals surface area contributed by atoms with E-state index in [1.807, 2.05) is 60.5 Å². The summed E-state index contributed by atoms with van der Waals surface area (Å²) < 4.78 is 0. The monoisotopic (exact) mass is 325 g/mol. The number of nitrogens with one attached hydrogen (secondary N) is 1.